The Balaban J connectivity index is 3.28. The highest BCUT2D eigenvalue weighted by Gasteiger charge is 2.14. The van der Waals surface area contributed by atoms with Gasteiger partial charge in [0.2, 0.25) is 0 Å². The van der Waals surface area contributed by atoms with Crippen molar-refractivity contribution in [3.8, 4) is 12.3 Å². The van der Waals surface area contributed by atoms with Crippen molar-refractivity contribution in [3.05, 3.63) is 21.5 Å². The molecule has 0 aliphatic carbocycles. The van der Waals surface area contributed by atoms with E-state index < -0.39 is 0 Å². The Morgan fingerprint density at radius 3 is 2.73 bits per heavy atom. The van der Waals surface area contributed by atoms with Crippen molar-refractivity contribution in [1.29, 1.82) is 0 Å². The van der Waals surface area contributed by atoms with E-state index in [-0.39, 0.29) is 0 Å². The molecule has 0 bridgehead atoms. The third-order valence-electron chi connectivity index (χ3n) is 2.08. The van der Waals surface area contributed by atoms with Crippen molar-refractivity contribution in [2.45, 2.75) is 19.8 Å². The predicted molar refractivity (Wildman–Crippen MR) is 67.0 cm³/mol. The van der Waals surface area contributed by atoms with Gasteiger partial charge in [-0.15, -0.1) is 17.8 Å². The molecule has 0 unspecified atom stereocenters. The van der Waals surface area contributed by atoms with Crippen LogP contribution in [0.2, 0.25) is 0 Å². The van der Waals surface area contributed by atoms with Gasteiger partial charge in [0.15, 0.2) is 0 Å². The van der Waals surface area contributed by atoms with Crippen LogP contribution < -0.4 is 17.2 Å². The minimum absolute atomic E-state index is 0.483. The van der Waals surface area contributed by atoms with Gasteiger partial charge in [0.25, 0.3) is 0 Å². The highest BCUT2D eigenvalue weighted by Crippen LogP contribution is 2.34. The van der Waals surface area contributed by atoms with Crippen LogP contribution in [-0.4, -0.2) is 0 Å². The molecule has 0 aliphatic heterocycles. The molecule has 3 nitrogen and oxygen atoms in total. The van der Waals surface area contributed by atoms with Crippen molar-refractivity contribution in [2.75, 3.05) is 5.73 Å². The highest BCUT2D eigenvalue weighted by molar-refractivity contribution is 7.14. The molecule has 0 aliphatic rings. The topological polar surface area (TPSA) is 78.1 Å². The molecular weight excluding hydrogens is 206 g/mol. The molecule has 80 valence electrons. The molecule has 15 heavy (non-hydrogen) atoms. The predicted octanol–water partition coefficient (Wildman–Crippen LogP) is 1.48. The maximum absolute atomic E-state index is 5.91. The second-order valence-electron chi connectivity index (χ2n) is 3.16. The second-order valence-corrected chi connectivity index (χ2v) is 4.26. The van der Waals surface area contributed by atoms with Crippen LogP contribution in [0.1, 0.15) is 28.7 Å². The molecule has 0 fully saturated rings. The van der Waals surface area contributed by atoms with E-state index in [1.807, 2.05) is 0 Å². The van der Waals surface area contributed by atoms with Crippen LogP contribution >= 0.6 is 11.3 Å². The molecule has 4 heteroatoms. The summed E-state index contributed by atoms with van der Waals surface area (Å²) in [5.74, 6) is 2.61. The lowest BCUT2D eigenvalue weighted by molar-refractivity contribution is 0.938. The third-order valence-corrected chi connectivity index (χ3v) is 3.40. The number of rotatable bonds is 3. The molecule has 0 amide bonds. The quantitative estimate of drug-likeness (QED) is 0.676. The summed E-state index contributed by atoms with van der Waals surface area (Å²) in [6.07, 6.45) is 8.72. The number of nitrogen functional groups attached to an aromatic ring is 1. The van der Waals surface area contributed by atoms with Crippen LogP contribution in [-0.2, 0) is 6.42 Å². The van der Waals surface area contributed by atoms with Crippen molar-refractivity contribution in [1.82, 2.24) is 0 Å². The van der Waals surface area contributed by atoms with Gasteiger partial charge in [0.1, 0.15) is 0 Å². The standard InChI is InChI=1S/C11H15N3S/c1-3-5-9-7(4-2)10(14)11(15-9)8(13)6-12/h2,6H,3,5,12-14H2,1H3/b8-6+. The van der Waals surface area contributed by atoms with E-state index in [1.54, 1.807) is 0 Å². The fraction of sp³-hybridized carbons (Fsp3) is 0.273. The van der Waals surface area contributed by atoms with Gasteiger partial charge in [0, 0.05) is 11.1 Å². The summed E-state index contributed by atoms with van der Waals surface area (Å²) in [5, 5.41) is 0. The van der Waals surface area contributed by atoms with E-state index in [0.29, 0.717) is 11.4 Å². The highest BCUT2D eigenvalue weighted by atomic mass is 32.1. The van der Waals surface area contributed by atoms with E-state index >= 15 is 0 Å². The average molecular weight is 221 g/mol. The van der Waals surface area contributed by atoms with Crippen LogP contribution in [0, 0.1) is 12.3 Å². The van der Waals surface area contributed by atoms with Gasteiger partial charge in [-0.2, -0.15) is 0 Å². The number of terminal acetylenes is 1. The van der Waals surface area contributed by atoms with Gasteiger partial charge < -0.3 is 17.2 Å². The molecule has 0 saturated heterocycles. The normalized spacial score (nSPS) is 11.3. The summed E-state index contributed by atoms with van der Waals surface area (Å²) in [4.78, 5) is 1.89. The Morgan fingerprint density at radius 2 is 2.27 bits per heavy atom. The first kappa shape index (κ1) is 11.5. The molecule has 1 aromatic rings. The zero-order chi connectivity index (χ0) is 11.4. The fourth-order valence-electron chi connectivity index (χ4n) is 1.34. The fourth-order valence-corrected chi connectivity index (χ4v) is 2.57. The zero-order valence-corrected chi connectivity index (χ0v) is 9.53. The molecule has 0 saturated carbocycles. The Bertz CT molecular complexity index is 424. The van der Waals surface area contributed by atoms with E-state index in [0.717, 1.165) is 28.2 Å². The average Bonchev–Trinajstić information content (AvgIpc) is 2.55. The summed E-state index contributed by atoms with van der Waals surface area (Å²) in [6, 6.07) is 0. The third kappa shape index (κ3) is 2.08. The van der Waals surface area contributed by atoms with Crippen LogP contribution in [0.15, 0.2) is 6.20 Å². The molecule has 1 heterocycles. The number of aryl methyl sites for hydroxylation is 1. The molecule has 0 aromatic carbocycles. The summed E-state index contributed by atoms with van der Waals surface area (Å²) in [5.41, 5.74) is 18.8. The minimum atomic E-state index is 0.483. The Kier molecular flexibility index (Phi) is 3.64. The number of hydrogen-bond acceptors (Lipinski definition) is 4. The lowest BCUT2D eigenvalue weighted by Crippen LogP contribution is -2.00. The number of nitrogens with two attached hydrogens (primary N) is 3. The second kappa shape index (κ2) is 4.76. The lowest BCUT2D eigenvalue weighted by Gasteiger charge is -1.97. The molecule has 1 aromatic heterocycles. The molecule has 1 rings (SSSR count). The van der Waals surface area contributed by atoms with Gasteiger partial charge >= 0.3 is 0 Å². The Labute approximate surface area is 94.0 Å². The maximum Gasteiger partial charge on any atom is 0.0760 e. The van der Waals surface area contributed by atoms with E-state index in [2.05, 4.69) is 12.8 Å². The van der Waals surface area contributed by atoms with Crippen LogP contribution in [0.4, 0.5) is 5.69 Å². The van der Waals surface area contributed by atoms with Crippen molar-refractivity contribution < 1.29 is 0 Å². The molecule has 0 spiro atoms. The van der Waals surface area contributed by atoms with Gasteiger partial charge in [0.05, 0.1) is 21.8 Å². The SMILES string of the molecule is C#Cc1c(CCC)sc(/C(N)=C\N)c1N. The van der Waals surface area contributed by atoms with Gasteiger partial charge in [-0.1, -0.05) is 19.3 Å². The summed E-state index contributed by atoms with van der Waals surface area (Å²) < 4.78 is 0. The number of anilines is 1. The zero-order valence-electron chi connectivity index (χ0n) is 8.71. The maximum atomic E-state index is 5.91. The molecular formula is C11H15N3S. The van der Waals surface area contributed by atoms with Gasteiger partial charge in [-0.05, 0) is 6.42 Å². The largest absolute Gasteiger partial charge is 0.403 e. The smallest absolute Gasteiger partial charge is 0.0760 e. The van der Waals surface area contributed by atoms with Gasteiger partial charge in [-0.25, -0.2) is 0 Å². The summed E-state index contributed by atoms with van der Waals surface area (Å²) in [6.45, 7) is 2.10. The minimum Gasteiger partial charge on any atom is -0.403 e. The van der Waals surface area contributed by atoms with Crippen LogP contribution in [0.25, 0.3) is 5.70 Å². The van der Waals surface area contributed by atoms with Gasteiger partial charge in [-0.3, -0.25) is 0 Å². The van der Waals surface area contributed by atoms with E-state index in [9.17, 15) is 0 Å². The monoisotopic (exact) mass is 221 g/mol. The van der Waals surface area contributed by atoms with Crippen molar-refractivity contribution >= 4 is 22.7 Å². The first-order chi connectivity index (χ1) is 7.15. The number of hydrogen-bond donors (Lipinski definition) is 3. The summed E-state index contributed by atoms with van der Waals surface area (Å²) in [7, 11) is 0. The molecule has 6 N–H and O–H groups in total. The van der Waals surface area contributed by atoms with Crippen LogP contribution in [0.3, 0.4) is 0 Å². The Hall–Kier alpha value is -1.60. The summed E-state index contributed by atoms with van der Waals surface area (Å²) >= 11 is 1.53. The molecule has 0 radical (unpaired) electrons. The van der Waals surface area contributed by atoms with E-state index in [4.69, 9.17) is 23.6 Å². The van der Waals surface area contributed by atoms with Crippen LogP contribution in [0.5, 0.6) is 0 Å². The Morgan fingerprint density at radius 1 is 1.60 bits per heavy atom. The number of thiophene rings is 1. The van der Waals surface area contributed by atoms with Crippen molar-refractivity contribution in [3.63, 3.8) is 0 Å². The van der Waals surface area contributed by atoms with E-state index in [1.165, 1.54) is 17.5 Å². The first-order valence-corrected chi connectivity index (χ1v) is 5.52. The van der Waals surface area contributed by atoms with Crippen molar-refractivity contribution in [2.24, 2.45) is 11.5 Å². The molecule has 0 atom stereocenters. The lowest BCUT2D eigenvalue weighted by atomic mass is 10.1. The first-order valence-electron chi connectivity index (χ1n) is 4.71.